The van der Waals surface area contributed by atoms with Gasteiger partial charge in [-0.05, 0) is 36.8 Å². The van der Waals surface area contributed by atoms with Crippen LogP contribution < -0.4 is 11.1 Å². The zero-order chi connectivity index (χ0) is 11.5. The van der Waals surface area contributed by atoms with Crippen LogP contribution in [0, 0.1) is 12.7 Å². The summed E-state index contributed by atoms with van der Waals surface area (Å²) < 4.78 is 13.5. The minimum Gasteiger partial charge on any atom is -0.382 e. The monoisotopic (exact) mass is 217 g/mol. The Morgan fingerprint density at radius 1 is 1.25 bits per heavy atom. The van der Waals surface area contributed by atoms with Crippen molar-refractivity contribution in [3.8, 4) is 0 Å². The number of nitrogens with zero attached hydrogens (tertiary/aromatic N) is 1. The van der Waals surface area contributed by atoms with Gasteiger partial charge in [0.1, 0.15) is 11.6 Å². The average molecular weight is 217 g/mol. The van der Waals surface area contributed by atoms with Gasteiger partial charge in [0.25, 0.3) is 0 Å². The van der Waals surface area contributed by atoms with Gasteiger partial charge in [-0.1, -0.05) is 6.07 Å². The molecule has 0 atom stereocenters. The first kappa shape index (κ1) is 10.4. The number of nitrogens with one attached hydrogen (secondary N) is 1. The Balaban J connectivity index is 2.34. The highest BCUT2D eigenvalue weighted by atomic mass is 19.1. The molecule has 82 valence electrons. The molecule has 0 saturated carbocycles. The van der Waals surface area contributed by atoms with Gasteiger partial charge in [-0.25, -0.2) is 9.37 Å². The van der Waals surface area contributed by atoms with Gasteiger partial charge < -0.3 is 11.1 Å². The van der Waals surface area contributed by atoms with Gasteiger partial charge in [0, 0.05) is 6.20 Å². The minimum atomic E-state index is -0.311. The lowest BCUT2D eigenvalue weighted by Crippen LogP contribution is -1.99. The molecule has 2 aromatic rings. The van der Waals surface area contributed by atoms with E-state index in [-0.39, 0.29) is 5.82 Å². The van der Waals surface area contributed by atoms with Crippen LogP contribution in [0.15, 0.2) is 36.5 Å². The van der Waals surface area contributed by atoms with Gasteiger partial charge in [0.15, 0.2) is 0 Å². The number of hydrogen-bond acceptors (Lipinski definition) is 3. The Hall–Kier alpha value is -2.10. The third-order valence-corrected chi connectivity index (χ3v) is 2.23. The van der Waals surface area contributed by atoms with Crippen LogP contribution in [0.25, 0.3) is 0 Å². The minimum absolute atomic E-state index is 0.311. The first-order chi connectivity index (χ1) is 7.66. The number of nitrogens with two attached hydrogens (primary N) is 1. The second-order valence-electron chi connectivity index (χ2n) is 3.54. The van der Waals surface area contributed by atoms with E-state index >= 15 is 0 Å². The zero-order valence-electron chi connectivity index (χ0n) is 8.87. The van der Waals surface area contributed by atoms with E-state index in [2.05, 4.69) is 10.3 Å². The van der Waals surface area contributed by atoms with Crippen molar-refractivity contribution >= 4 is 17.2 Å². The highest BCUT2D eigenvalue weighted by molar-refractivity contribution is 5.69. The molecular weight excluding hydrogens is 205 g/mol. The number of benzene rings is 1. The molecule has 0 fully saturated rings. The van der Waals surface area contributed by atoms with Gasteiger partial charge in [0.2, 0.25) is 0 Å². The summed E-state index contributed by atoms with van der Waals surface area (Å²) in [6, 6.07) is 8.36. The van der Waals surface area contributed by atoms with Crippen molar-refractivity contribution in [1.29, 1.82) is 0 Å². The summed E-state index contributed by atoms with van der Waals surface area (Å²) in [7, 11) is 0. The van der Waals surface area contributed by atoms with Crippen LogP contribution in [0.3, 0.4) is 0 Å². The average Bonchev–Trinajstić information content (AvgIpc) is 2.27. The third kappa shape index (κ3) is 2.11. The summed E-state index contributed by atoms with van der Waals surface area (Å²) in [6.45, 7) is 1.90. The standard InChI is InChI=1S/C12H12FN3/c1-8-4-5-9(13)11(7-8)16-10-3-2-6-15-12(10)14/h2-7,16H,1H3,(H2,14,15). The lowest BCUT2D eigenvalue weighted by molar-refractivity contribution is 0.631. The molecule has 0 aliphatic rings. The molecule has 1 aromatic carbocycles. The van der Waals surface area contributed by atoms with Gasteiger partial charge in [0.05, 0.1) is 11.4 Å². The fourth-order valence-electron chi connectivity index (χ4n) is 1.40. The van der Waals surface area contributed by atoms with E-state index in [1.165, 1.54) is 6.07 Å². The summed E-state index contributed by atoms with van der Waals surface area (Å²) in [5.41, 5.74) is 7.64. The molecule has 0 saturated heterocycles. The molecule has 1 aromatic heterocycles. The summed E-state index contributed by atoms with van der Waals surface area (Å²) in [4.78, 5) is 3.92. The van der Waals surface area contributed by atoms with Crippen molar-refractivity contribution in [1.82, 2.24) is 4.98 Å². The molecular formula is C12H12FN3. The fourth-order valence-corrected chi connectivity index (χ4v) is 1.40. The Kier molecular flexibility index (Phi) is 2.72. The number of halogens is 1. The van der Waals surface area contributed by atoms with Gasteiger partial charge in [-0.3, -0.25) is 0 Å². The van der Waals surface area contributed by atoms with Crippen molar-refractivity contribution < 1.29 is 4.39 Å². The predicted molar refractivity (Wildman–Crippen MR) is 63.1 cm³/mol. The van der Waals surface area contributed by atoms with Gasteiger partial charge in [-0.15, -0.1) is 0 Å². The molecule has 0 spiro atoms. The maximum absolute atomic E-state index is 13.5. The third-order valence-electron chi connectivity index (χ3n) is 2.23. The highest BCUT2D eigenvalue weighted by Gasteiger charge is 2.04. The largest absolute Gasteiger partial charge is 0.382 e. The van der Waals surface area contributed by atoms with Crippen LogP contribution >= 0.6 is 0 Å². The van der Waals surface area contributed by atoms with Gasteiger partial charge >= 0.3 is 0 Å². The van der Waals surface area contributed by atoms with Crippen molar-refractivity contribution in [3.05, 3.63) is 47.9 Å². The maximum Gasteiger partial charge on any atom is 0.147 e. The number of nitrogen functional groups attached to an aromatic ring is 1. The SMILES string of the molecule is Cc1ccc(F)c(Nc2cccnc2N)c1. The Bertz CT molecular complexity index is 511. The molecule has 3 nitrogen and oxygen atoms in total. The fraction of sp³-hybridized carbons (Fsp3) is 0.0833. The van der Waals surface area contributed by atoms with E-state index in [9.17, 15) is 4.39 Å². The Labute approximate surface area is 93.1 Å². The number of hydrogen-bond donors (Lipinski definition) is 2. The van der Waals surface area contributed by atoms with E-state index in [1.807, 2.05) is 6.92 Å². The summed E-state index contributed by atoms with van der Waals surface area (Å²) >= 11 is 0. The predicted octanol–water partition coefficient (Wildman–Crippen LogP) is 2.85. The van der Waals surface area contributed by atoms with E-state index < -0.39 is 0 Å². The number of pyridine rings is 1. The maximum atomic E-state index is 13.5. The topological polar surface area (TPSA) is 50.9 Å². The molecule has 3 N–H and O–H groups in total. The quantitative estimate of drug-likeness (QED) is 0.813. The van der Waals surface area contributed by atoms with E-state index in [0.717, 1.165) is 5.56 Å². The van der Waals surface area contributed by atoms with Crippen LogP contribution in [0.5, 0.6) is 0 Å². The summed E-state index contributed by atoms with van der Waals surface area (Å²) in [5.74, 6) is 0.0391. The summed E-state index contributed by atoms with van der Waals surface area (Å²) in [5, 5.41) is 2.92. The number of rotatable bonds is 2. The molecule has 0 aliphatic carbocycles. The molecule has 0 amide bonds. The van der Waals surface area contributed by atoms with E-state index in [0.29, 0.717) is 17.2 Å². The molecule has 0 unspecified atom stereocenters. The van der Waals surface area contributed by atoms with Crippen molar-refractivity contribution in [2.45, 2.75) is 6.92 Å². The van der Waals surface area contributed by atoms with Crippen LogP contribution in [0.4, 0.5) is 21.6 Å². The molecule has 0 bridgehead atoms. The van der Waals surface area contributed by atoms with Gasteiger partial charge in [-0.2, -0.15) is 0 Å². The number of aromatic nitrogens is 1. The van der Waals surface area contributed by atoms with Crippen molar-refractivity contribution in [2.24, 2.45) is 0 Å². The number of anilines is 3. The normalized spacial score (nSPS) is 10.1. The zero-order valence-corrected chi connectivity index (χ0v) is 8.87. The van der Waals surface area contributed by atoms with E-state index in [1.54, 1.807) is 30.5 Å². The van der Waals surface area contributed by atoms with Crippen molar-refractivity contribution in [2.75, 3.05) is 11.1 Å². The smallest absolute Gasteiger partial charge is 0.147 e. The van der Waals surface area contributed by atoms with Crippen LogP contribution in [-0.4, -0.2) is 4.98 Å². The Morgan fingerprint density at radius 3 is 2.81 bits per heavy atom. The Morgan fingerprint density at radius 2 is 2.06 bits per heavy atom. The molecule has 16 heavy (non-hydrogen) atoms. The second kappa shape index (κ2) is 4.18. The van der Waals surface area contributed by atoms with Crippen LogP contribution in [0.1, 0.15) is 5.56 Å². The van der Waals surface area contributed by atoms with Crippen molar-refractivity contribution in [3.63, 3.8) is 0 Å². The molecule has 0 radical (unpaired) electrons. The van der Waals surface area contributed by atoms with Crippen LogP contribution in [0.2, 0.25) is 0 Å². The first-order valence-electron chi connectivity index (χ1n) is 4.90. The lowest BCUT2D eigenvalue weighted by Gasteiger charge is -2.09. The molecule has 4 heteroatoms. The summed E-state index contributed by atoms with van der Waals surface area (Å²) in [6.07, 6.45) is 1.59. The lowest BCUT2D eigenvalue weighted by atomic mass is 10.2. The molecule has 2 rings (SSSR count). The van der Waals surface area contributed by atoms with E-state index in [4.69, 9.17) is 5.73 Å². The molecule has 0 aliphatic heterocycles. The molecule has 1 heterocycles. The first-order valence-corrected chi connectivity index (χ1v) is 4.90. The number of aryl methyl sites for hydroxylation is 1. The second-order valence-corrected chi connectivity index (χ2v) is 3.54. The highest BCUT2D eigenvalue weighted by Crippen LogP contribution is 2.23. The van der Waals surface area contributed by atoms with Crippen LogP contribution in [-0.2, 0) is 0 Å².